The molecule has 1 spiro atoms. The molecule has 2 aliphatic rings. The zero-order chi connectivity index (χ0) is 16.0. The Morgan fingerprint density at radius 2 is 1.78 bits per heavy atom. The lowest BCUT2D eigenvalue weighted by atomic mass is 9.73. The molecule has 1 amide bonds. The molecule has 23 heavy (non-hydrogen) atoms. The number of furan rings is 1. The summed E-state index contributed by atoms with van der Waals surface area (Å²) in [4.78, 5) is 16.6. The van der Waals surface area contributed by atoms with Crippen molar-refractivity contribution in [1.29, 1.82) is 0 Å². The van der Waals surface area contributed by atoms with E-state index in [1.165, 1.54) is 0 Å². The molecule has 120 valence electrons. The van der Waals surface area contributed by atoms with Gasteiger partial charge in [-0.1, -0.05) is 0 Å². The van der Waals surface area contributed by atoms with Gasteiger partial charge in [0.05, 0.1) is 7.11 Å². The molecule has 4 rings (SSSR count). The van der Waals surface area contributed by atoms with E-state index in [0.29, 0.717) is 16.9 Å². The highest BCUT2D eigenvalue weighted by atomic mass is 16.5. The summed E-state index contributed by atoms with van der Waals surface area (Å²) in [5.74, 6) is 1.91. The van der Waals surface area contributed by atoms with Crippen LogP contribution in [0.25, 0.3) is 11.3 Å². The normalized spacial score (nSPS) is 19.3. The summed E-state index contributed by atoms with van der Waals surface area (Å²) in [5, 5.41) is 0. The van der Waals surface area contributed by atoms with E-state index < -0.39 is 0 Å². The van der Waals surface area contributed by atoms with Crippen molar-refractivity contribution in [2.24, 2.45) is 5.41 Å². The molecule has 2 saturated heterocycles. The molecule has 1 aromatic carbocycles. The molecule has 2 fully saturated rings. The fraction of sp³-hybridized carbons (Fsp3) is 0.389. The molecule has 0 unspecified atom stereocenters. The van der Waals surface area contributed by atoms with Crippen molar-refractivity contribution in [3.63, 3.8) is 0 Å². The molecular weight excluding hydrogens is 292 g/mol. The molecule has 0 N–H and O–H groups in total. The van der Waals surface area contributed by atoms with Crippen LogP contribution in [0.2, 0.25) is 0 Å². The number of hydrogen-bond acceptors (Lipinski definition) is 4. The minimum Gasteiger partial charge on any atom is -0.497 e. The number of nitrogens with zero attached hydrogens (tertiary/aromatic N) is 2. The van der Waals surface area contributed by atoms with Gasteiger partial charge in [-0.3, -0.25) is 4.79 Å². The fourth-order valence-corrected chi connectivity index (χ4v) is 3.72. The second-order valence-electron chi connectivity index (χ2n) is 6.73. The van der Waals surface area contributed by atoms with Gasteiger partial charge in [0.1, 0.15) is 11.5 Å². The molecule has 0 aliphatic carbocycles. The molecule has 1 aromatic heterocycles. The molecule has 2 aromatic rings. The lowest BCUT2D eigenvalue weighted by Gasteiger charge is -2.59. The first kappa shape index (κ1) is 14.3. The van der Waals surface area contributed by atoms with E-state index in [1.807, 2.05) is 35.2 Å². The smallest absolute Gasteiger partial charge is 0.289 e. The van der Waals surface area contributed by atoms with Crippen molar-refractivity contribution >= 4 is 5.91 Å². The monoisotopic (exact) mass is 312 g/mol. The van der Waals surface area contributed by atoms with Gasteiger partial charge in [0.25, 0.3) is 5.91 Å². The second kappa shape index (κ2) is 5.13. The first-order valence-electron chi connectivity index (χ1n) is 7.81. The van der Waals surface area contributed by atoms with E-state index in [4.69, 9.17) is 9.15 Å². The number of hydrogen-bond donors (Lipinski definition) is 0. The summed E-state index contributed by atoms with van der Waals surface area (Å²) in [6.45, 7) is 3.86. The van der Waals surface area contributed by atoms with E-state index in [-0.39, 0.29) is 5.91 Å². The summed E-state index contributed by atoms with van der Waals surface area (Å²) in [7, 11) is 3.75. The van der Waals surface area contributed by atoms with Gasteiger partial charge in [-0.05, 0) is 43.4 Å². The average Bonchev–Trinajstić information content (AvgIpc) is 2.99. The summed E-state index contributed by atoms with van der Waals surface area (Å²) in [6, 6.07) is 11.2. The average molecular weight is 312 g/mol. The van der Waals surface area contributed by atoms with E-state index in [9.17, 15) is 4.79 Å². The number of benzene rings is 1. The fourth-order valence-electron chi connectivity index (χ4n) is 3.72. The third-order valence-electron chi connectivity index (χ3n) is 4.74. The molecule has 0 radical (unpaired) electrons. The number of carbonyl (C=O) groups is 1. The van der Waals surface area contributed by atoms with Gasteiger partial charge in [0.2, 0.25) is 0 Å². The Kier molecular flexibility index (Phi) is 3.20. The van der Waals surface area contributed by atoms with Crippen LogP contribution in [0, 0.1) is 5.41 Å². The summed E-state index contributed by atoms with van der Waals surface area (Å²) >= 11 is 0. The first-order valence-corrected chi connectivity index (χ1v) is 7.81. The van der Waals surface area contributed by atoms with Crippen molar-refractivity contribution in [3.05, 3.63) is 42.2 Å². The molecule has 0 atom stereocenters. The summed E-state index contributed by atoms with van der Waals surface area (Å²) < 4.78 is 10.9. The van der Waals surface area contributed by atoms with Crippen LogP contribution < -0.4 is 4.74 Å². The Morgan fingerprint density at radius 3 is 2.39 bits per heavy atom. The predicted molar refractivity (Wildman–Crippen MR) is 86.5 cm³/mol. The van der Waals surface area contributed by atoms with Gasteiger partial charge >= 0.3 is 0 Å². The number of carbonyl (C=O) groups excluding carboxylic acids is 1. The van der Waals surface area contributed by atoms with Crippen molar-refractivity contribution in [1.82, 2.24) is 9.80 Å². The third kappa shape index (κ3) is 2.41. The maximum absolute atomic E-state index is 12.5. The van der Waals surface area contributed by atoms with Gasteiger partial charge in [-0.25, -0.2) is 0 Å². The number of methoxy groups -OCH3 is 1. The Labute approximate surface area is 135 Å². The van der Waals surface area contributed by atoms with Gasteiger partial charge in [0, 0.05) is 37.2 Å². The quantitative estimate of drug-likeness (QED) is 0.873. The second-order valence-corrected chi connectivity index (χ2v) is 6.73. The Morgan fingerprint density at radius 1 is 1.09 bits per heavy atom. The van der Waals surface area contributed by atoms with E-state index in [0.717, 1.165) is 37.5 Å². The van der Waals surface area contributed by atoms with Crippen LogP contribution >= 0.6 is 0 Å². The van der Waals surface area contributed by atoms with Gasteiger partial charge < -0.3 is 19.0 Å². The standard InChI is InChI=1S/C18H20N2O3/c1-19-9-18(10-19)11-20(12-18)17(21)16-8-7-15(23-16)13-3-5-14(22-2)6-4-13/h3-8H,9-12H2,1-2H3. The van der Waals surface area contributed by atoms with Crippen LogP contribution in [0.5, 0.6) is 5.75 Å². The maximum atomic E-state index is 12.5. The Hall–Kier alpha value is -2.27. The highest BCUT2D eigenvalue weighted by Crippen LogP contribution is 2.39. The van der Waals surface area contributed by atoms with E-state index in [2.05, 4.69) is 11.9 Å². The number of amides is 1. The number of rotatable bonds is 3. The van der Waals surface area contributed by atoms with Crippen LogP contribution in [0.15, 0.2) is 40.8 Å². The predicted octanol–water partition coefficient (Wildman–Crippen LogP) is 2.34. The van der Waals surface area contributed by atoms with Crippen LogP contribution in [-0.4, -0.2) is 56.0 Å². The molecule has 5 nitrogen and oxygen atoms in total. The van der Waals surface area contributed by atoms with Crippen molar-refractivity contribution in [2.45, 2.75) is 0 Å². The zero-order valence-corrected chi connectivity index (χ0v) is 13.4. The minimum atomic E-state index is -0.00932. The highest BCUT2D eigenvalue weighted by Gasteiger charge is 2.52. The molecule has 0 bridgehead atoms. The topological polar surface area (TPSA) is 45.9 Å². The first-order chi connectivity index (χ1) is 11.1. The largest absolute Gasteiger partial charge is 0.497 e. The molecular formula is C18H20N2O3. The van der Waals surface area contributed by atoms with Gasteiger partial charge in [0.15, 0.2) is 5.76 Å². The molecule has 5 heteroatoms. The SMILES string of the molecule is COc1ccc(-c2ccc(C(=O)N3CC4(CN(C)C4)C3)o2)cc1. The van der Waals surface area contributed by atoms with Gasteiger partial charge in [-0.2, -0.15) is 0 Å². The summed E-state index contributed by atoms with van der Waals surface area (Å²) in [5.41, 5.74) is 1.28. The zero-order valence-electron chi connectivity index (χ0n) is 13.4. The van der Waals surface area contributed by atoms with Crippen LogP contribution in [-0.2, 0) is 0 Å². The molecule has 0 saturated carbocycles. The lowest BCUT2D eigenvalue weighted by Crippen LogP contribution is -2.71. The molecule has 2 aliphatic heterocycles. The Balaban J connectivity index is 1.44. The summed E-state index contributed by atoms with van der Waals surface area (Å²) in [6.07, 6.45) is 0. The van der Waals surface area contributed by atoms with Gasteiger partial charge in [-0.15, -0.1) is 0 Å². The third-order valence-corrected chi connectivity index (χ3v) is 4.74. The van der Waals surface area contributed by atoms with Crippen molar-refractivity contribution in [3.8, 4) is 17.1 Å². The van der Waals surface area contributed by atoms with E-state index >= 15 is 0 Å². The lowest BCUT2D eigenvalue weighted by molar-refractivity contribution is -0.0879. The maximum Gasteiger partial charge on any atom is 0.289 e. The van der Waals surface area contributed by atoms with Crippen molar-refractivity contribution < 1.29 is 13.9 Å². The van der Waals surface area contributed by atoms with Crippen LogP contribution in [0.1, 0.15) is 10.6 Å². The minimum absolute atomic E-state index is 0.00932. The number of ether oxygens (including phenoxy) is 1. The highest BCUT2D eigenvalue weighted by molar-refractivity contribution is 5.92. The van der Waals surface area contributed by atoms with E-state index in [1.54, 1.807) is 13.2 Å². The van der Waals surface area contributed by atoms with Crippen LogP contribution in [0.4, 0.5) is 0 Å². The Bertz CT molecular complexity index is 721. The van der Waals surface area contributed by atoms with Crippen LogP contribution in [0.3, 0.4) is 0 Å². The van der Waals surface area contributed by atoms with Crippen molar-refractivity contribution in [2.75, 3.05) is 40.3 Å². The molecule has 3 heterocycles. The number of likely N-dealkylation sites (tertiary alicyclic amines) is 2.